The van der Waals surface area contributed by atoms with E-state index in [1.54, 1.807) is 13.0 Å². The van der Waals surface area contributed by atoms with Crippen LogP contribution in [0.25, 0.3) is 0 Å². The Hall–Kier alpha value is -1.49. The molecule has 1 atom stereocenters. The van der Waals surface area contributed by atoms with E-state index in [-0.39, 0.29) is 12.2 Å². The molecule has 4 N–H and O–H groups in total. The van der Waals surface area contributed by atoms with Crippen LogP contribution in [-0.4, -0.2) is 28.8 Å². The van der Waals surface area contributed by atoms with Crippen molar-refractivity contribution < 1.29 is 9.84 Å². The van der Waals surface area contributed by atoms with Crippen LogP contribution in [0, 0.1) is 0 Å². The van der Waals surface area contributed by atoms with Crippen LogP contribution in [0.4, 0.5) is 11.5 Å². The Kier molecular flexibility index (Phi) is 5.71. The van der Waals surface area contributed by atoms with Crippen LogP contribution in [0.5, 0.6) is 5.88 Å². The molecule has 0 aliphatic carbocycles. The zero-order valence-electron chi connectivity index (χ0n) is 11.3. The molecule has 18 heavy (non-hydrogen) atoms. The fourth-order valence-corrected chi connectivity index (χ4v) is 1.48. The second-order valence-electron chi connectivity index (χ2n) is 4.68. The number of ether oxygens (including phenoxy) is 1. The fourth-order valence-electron chi connectivity index (χ4n) is 1.48. The molecule has 0 bridgehead atoms. The number of aliphatic hydroxyl groups is 1. The first kappa shape index (κ1) is 14.6. The lowest BCUT2D eigenvalue weighted by Gasteiger charge is -2.13. The summed E-state index contributed by atoms with van der Waals surface area (Å²) < 4.78 is 5.51. The SMILES string of the molecule is CC(O)CCCNc1ccc(N)c(OC(C)C)n1. The van der Waals surface area contributed by atoms with E-state index < -0.39 is 0 Å². The van der Waals surface area contributed by atoms with Gasteiger partial charge in [-0.25, -0.2) is 0 Å². The number of hydrogen-bond donors (Lipinski definition) is 3. The van der Waals surface area contributed by atoms with Crippen LogP contribution in [0.2, 0.25) is 0 Å². The Labute approximate surface area is 108 Å². The van der Waals surface area contributed by atoms with Crippen LogP contribution in [0.3, 0.4) is 0 Å². The molecular weight excluding hydrogens is 230 g/mol. The van der Waals surface area contributed by atoms with E-state index in [9.17, 15) is 0 Å². The van der Waals surface area contributed by atoms with Gasteiger partial charge in [-0.2, -0.15) is 4.98 Å². The highest BCUT2D eigenvalue weighted by atomic mass is 16.5. The van der Waals surface area contributed by atoms with Gasteiger partial charge in [-0.1, -0.05) is 0 Å². The second kappa shape index (κ2) is 7.06. The molecule has 0 fully saturated rings. The van der Waals surface area contributed by atoms with Gasteiger partial charge >= 0.3 is 0 Å². The van der Waals surface area contributed by atoms with Crippen molar-refractivity contribution in [3.63, 3.8) is 0 Å². The number of pyridine rings is 1. The number of rotatable bonds is 7. The molecule has 0 aromatic carbocycles. The summed E-state index contributed by atoms with van der Waals surface area (Å²) >= 11 is 0. The maximum Gasteiger partial charge on any atom is 0.239 e. The van der Waals surface area contributed by atoms with Crippen molar-refractivity contribution in [3.05, 3.63) is 12.1 Å². The molecule has 5 nitrogen and oxygen atoms in total. The van der Waals surface area contributed by atoms with Gasteiger partial charge in [0.1, 0.15) is 5.82 Å². The van der Waals surface area contributed by atoms with Crippen LogP contribution in [0.15, 0.2) is 12.1 Å². The lowest BCUT2D eigenvalue weighted by Crippen LogP contribution is -2.11. The molecule has 0 radical (unpaired) electrons. The van der Waals surface area contributed by atoms with Crippen molar-refractivity contribution >= 4 is 11.5 Å². The number of nitrogens with one attached hydrogen (secondary N) is 1. The lowest BCUT2D eigenvalue weighted by atomic mass is 10.2. The molecule has 0 aliphatic heterocycles. The van der Waals surface area contributed by atoms with Gasteiger partial charge in [0.25, 0.3) is 0 Å². The van der Waals surface area contributed by atoms with Gasteiger partial charge in [0.2, 0.25) is 5.88 Å². The van der Waals surface area contributed by atoms with Gasteiger partial charge in [0, 0.05) is 6.54 Å². The summed E-state index contributed by atoms with van der Waals surface area (Å²) in [5, 5.41) is 12.3. The minimum Gasteiger partial charge on any atom is -0.473 e. The monoisotopic (exact) mass is 253 g/mol. The van der Waals surface area contributed by atoms with Gasteiger partial charge in [-0.15, -0.1) is 0 Å². The summed E-state index contributed by atoms with van der Waals surface area (Å²) in [6.45, 7) is 6.42. The maximum absolute atomic E-state index is 9.15. The molecule has 0 aliphatic rings. The number of nitrogen functional groups attached to an aromatic ring is 1. The number of aromatic nitrogens is 1. The number of nitrogens with zero attached hydrogens (tertiary/aromatic N) is 1. The molecule has 5 heteroatoms. The zero-order valence-corrected chi connectivity index (χ0v) is 11.3. The maximum atomic E-state index is 9.15. The van der Waals surface area contributed by atoms with Crippen LogP contribution in [-0.2, 0) is 0 Å². The highest BCUT2D eigenvalue weighted by molar-refractivity contribution is 5.53. The van der Waals surface area contributed by atoms with E-state index in [1.165, 1.54) is 0 Å². The Bertz CT molecular complexity index is 367. The third-order valence-electron chi connectivity index (χ3n) is 2.34. The molecule has 0 spiro atoms. The number of aliphatic hydroxyl groups excluding tert-OH is 1. The highest BCUT2D eigenvalue weighted by Gasteiger charge is 2.06. The molecule has 1 aromatic rings. The minimum atomic E-state index is -0.258. The molecule has 0 saturated carbocycles. The topological polar surface area (TPSA) is 80.4 Å². The lowest BCUT2D eigenvalue weighted by molar-refractivity contribution is 0.183. The Morgan fingerprint density at radius 2 is 2.11 bits per heavy atom. The molecule has 1 rings (SSSR count). The summed E-state index contributed by atoms with van der Waals surface area (Å²) in [7, 11) is 0. The normalized spacial score (nSPS) is 12.5. The smallest absolute Gasteiger partial charge is 0.239 e. The predicted octanol–water partition coefficient (Wildman–Crippen LogP) is 2.02. The van der Waals surface area contributed by atoms with E-state index >= 15 is 0 Å². The average molecular weight is 253 g/mol. The third kappa shape index (κ3) is 5.23. The fraction of sp³-hybridized carbons (Fsp3) is 0.615. The van der Waals surface area contributed by atoms with Gasteiger partial charge in [-0.3, -0.25) is 0 Å². The van der Waals surface area contributed by atoms with Crippen molar-refractivity contribution in [2.24, 2.45) is 0 Å². The van der Waals surface area contributed by atoms with Gasteiger partial charge < -0.3 is 20.9 Å². The van der Waals surface area contributed by atoms with Crippen LogP contribution in [0.1, 0.15) is 33.6 Å². The average Bonchev–Trinajstić information content (AvgIpc) is 2.27. The van der Waals surface area contributed by atoms with Crippen LogP contribution < -0.4 is 15.8 Å². The molecule has 102 valence electrons. The molecule has 1 unspecified atom stereocenters. The number of nitrogens with two attached hydrogens (primary N) is 1. The first-order valence-corrected chi connectivity index (χ1v) is 6.34. The summed E-state index contributed by atoms with van der Waals surface area (Å²) in [4.78, 5) is 4.31. The van der Waals surface area contributed by atoms with E-state index in [1.807, 2.05) is 19.9 Å². The van der Waals surface area contributed by atoms with Crippen LogP contribution >= 0.6 is 0 Å². The second-order valence-corrected chi connectivity index (χ2v) is 4.68. The molecular formula is C13H23N3O2. The molecule has 1 aromatic heterocycles. The van der Waals surface area contributed by atoms with E-state index in [2.05, 4.69) is 10.3 Å². The molecule has 1 heterocycles. The Morgan fingerprint density at radius 1 is 1.39 bits per heavy atom. The summed E-state index contributed by atoms with van der Waals surface area (Å²) in [6, 6.07) is 3.60. The van der Waals surface area contributed by atoms with E-state index in [0.717, 1.165) is 25.2 Å². The van der Waals surface area contributed by atoms with Gasteiger partial charge in [0.05, 0.1) is 17.9 Å². The van der Waals surface area contributed by atoms with Gasteiger partial charge in [0.15, 0.2) is 0 Å². The standard InChI is InChI=1S/C13H23N3O2/c1-9(2)18-13-11(14)6-7-12(16-13)15-8-4-5-10(3)17/h6-7,9-10,17H,4-5,8,14H2,1-3H3,(H,15,16). The zero-order chi connectivity index (χ0) is 13.5. The van der Waals surface area contributed by atoms with Crippen molar-refractivity contribution in [2.45, 2.75) is 45.8 Å². The first-order valence-electron chi connectivity index (χ1n) is 6.34. The highest BCUT2D eigenvalue weighted by Crippen LogP contribution is 2.21. The minimum absolute atomic E-state index is 0.0466. The Balaban J connectivity index is 2.51. The largest absolute Gasteiger partial charge is 0.473 e. The number of anilines is 2. The quantitative estimate of drug-likeness (QED) is 0.648. The molecule has 0 saturated heterocycles. The van der Waals surface area contributed by atoms with E-state index in [4.69, 9.17) is 15.6 Å². The Morgan fingerprint density at radius 3 is 2.72 bits per heavy atom. The first-order chi connectivity index (χ1) is 8.49. The summed E-state index contributed by atoms with van der Waals surface area (Å²) in [5.74, 6) is 1.20. The van der Waals surface area contributed by atoms with Crippen molar-refractivity contribution in [2.75, 3.05) is 17.6 Å². The van der Waals surface area contributed by atoms with Crippen molar-refractivity contribution in [3.8, 4) is 5.88 Å². The van der Waals surface area contributed by atoms with Crippen molar-refractivity contribution in [1.29, 1.82) is 0 Å². The third-order valence-corrected chi connectivity index (χ3v) is 2.34. The van der Waals surface area contributed by atoms with E-state index in [0.29, 0.717) is 11.6 Å². The number of hydrogen-bond acceptors (Lipinski definition) is 5. The van der Waals surface area contributed by atoms with Gasteiger partial charge in [-0.05, 0) is 45.7 Å². The predicted molar refractivity (Wildman–Crippen MR) is 73.8 cm³/mol. The summed E-state index contributed by atoms with van der Waals surface area (Å²) in [6.07, 6.45) is 1.46. The molecule has 0 amide bonds. The van der Waals surface area contributed by atoms with Crippen molar-refractivity contribution in [1.82, 2.24) is 4.98 Å². The summed E-state index contributed by atoms with van der Waals surface area (Å²) in [5.41, 5.74) is 6.32.